The summed E-state index contributed by atoms with van der Waals surface area (Å²) < 4.78 is 0.890. The standard InChI is InChI=1S/C13H8BrCl2N3/c14-7-1-6(2-8(15)3-7)13-18-11-5-9(16)4-10(17)12(11)19-13/h1-5H,17H2,(H,18,19). The van der Waals surface area contributed by atoms with Gasteiger partial charge in [-0.1, -0.05) is 39.1 Å². The van der Waals surface area contributed by atoms with Crippen molar-refractivity contribution < 1.29 is 0 Å². The summed E-state index contributed by atoms with van der Waals surface area (Å²) >= 11 is 15.4. The van der Waals surface area contributed by atoms with Gasteiger partial charge < -0.3 is 10.7 Å². The third-order valence-corrected chi connectivity index (χ3v) is 3.61. The van der Waals surface area contributed by atoms with Crippen LogP contribution in [0.25, 0.3) is 22.4 Å². The molecule has 19 heavy (non-hydrogen) atoms. The molecule has 3 N–H and O–H groups in total. The maximum Gasteiger partial charge on any atom is 0.138 e. The van der Waals surface area contributed by atoms with Crippen LogP contribution >= 0.6 is 39.1 Å². The van der Waals surface area contributed by atoms with Gasteiger partial charge in [-0.05, 0) is 30.3 Å². The van der Waals surface area contributed by atoms with Gasteiger partial charge in [0.1, 0.15) is 11.3 Å². The fourth-order valence-corrected chi connectivity index (χ4v) is 3.02. The molecular weight excluding hydrogens is 349 g/mol. The monoisotopic (exact) mass is 355 g/mol. The van der Waals surface area contributed by atoms with E-state index >= 15 is 0 Å². The molecule has 0 saturated carbocycles. The highest BCUT2D eigenvalue weighted by atomic mass is 79.9. The highest BCUT2D eigenvalue weighted by Gasteiger charge is 2.10. The van der Waals surface area contributed by atoms with Gasteiger partial charge in [-0.15, -0.1) is 0 Å². The Hall–Kier alpha value is -1.23. The van der Waals surface area contributed by atoms with Crippen molar-refractivity contribution >= 4 is 55.9 Å². The van der Waals surface area contributed by atoms with Gasteiger partial charge in [0.25, 0.3) is 0 Å². The lowest BCUT2D eigenvalue weighted by atomic mass is 10.2. The Bertz CT molecular complexity index is 763. The quantitative estimate of drug-likeness (QED) is 0.610. The normalized spacial score (nSPS) is 11.1. The molecular formula is C13H8BrCl2N3. The molecule has 0 aliphatic carbocycles. The molecule has 0 aliphatic heterocycles. The average Bonchev–Trinajstić information content (AvgIpc) is 2.71. The van der Waals surface area contributed by atoms with Crippen LogP contribution in [-0.4, -0.2) is 9.97 Å². The van der Waals surface area contributed by atoms with Crippen LogP contribution in [0.3, 0.4) is 0 Å². The van der Waals surface area contributed by atoms with Crippen LogP contribution in [0.2, 0.25) is 10.0 Å². The van der Waals surface area contributed by atoms with E-state index in [1.165, 1.54) is 0 Å². The summed E-state index contributed by atoms with van der Waals surface area (Å²) in [5.41, 5.74) is 8.84. The number of aromatic nitrogens is 2. The minimum atomic E-state index is 0.547. The van der Waals surface area contributed by atoms with Gasteiger partial charge in [0.15, 0.2) is 0 Å². The molecule has 2 aromatic carbocycles. The predicted octanol–water partition coefficient (Wildman–Crippen LogP) is 4.88. The van der Waals surface area contributed by atoms with Gasteiger partial charge >= 0.3 is 0 Å². The molecule has 3 nitrogen and oxygen atoms in total. The van der Waals surface area contributed by atoms with Crippen LogP contribution < -0.4 is 5.73 Å². The molecule has 6 heteroatoms. The van der Waals surface area contributed by atoms with Crippen molar-refractivity contribution in [3.8, 4) is 11.4 Å². The van der Waals surface area contributed by atoms with E-state index < -0.39 is 0 Å². The number of aromatic amines is 1. The van der Waals surface area contributed by atoms with E-state index in [4.69, 9.17) is 28.9 Å². The average molecular weight is 357 g/mol. The van der Waals surface area contributed by atoms with Crippen LogP contribution in [0.4, 0.5) is 5.69 Å². The molecule has 0 bridgehead atoms. The number of nitrogens with two attached hydrogens (primary N) is 1. The highest BCUT2D eigenvalue weighted by molar-refractivity contribution is 9.10. The van der Waals surface area contributed by atoms with Crippen molar-refractivity contribution in [3.63, 3.8) is 0 Å². The van der Waals surface area contributed by atoms with E-state index in [9.17, 15) is 0 Å². The van der Waals surface area contributed by atoms with Gasteiger partial charge in [0, 0.05) is 20.1 Å². The second-order valence-electron chi connectivity index (χ2n) is 4.13. The predicted molar refractivity (Wildman–Crippen MR) is 83.7 cm³/mol. The SMILES string of the molecule is Nc1cc(Cl)cc2[nH]c(-c3cc(Cl)cc(Br)c3)nc12. The van der Waals surface area contributed by atoms with Crippen molar-refractivity contribution in [2.75, 3.05) is 5.73 Å². The maximum atomic E-state index is 6.04. The second kappa shape index (κ2) is 4.71. The zero-order valence-corrected chi connectivity index (χ0v) is 12.6. The van der Waals surface area contributed by atoms with Gasteiger partial charge in [-0.2, -0.15) is 0 Å². The summed E-state index contributed by atoms with van der Waals surface area (Å²) in [7, 11) is 0. The summed E-state index contributed by atoms with van der Waals surface area (Å²) in [4.78, 5) is 7.68. The van der Waals surface area contributed by atoms with Crippen LogP contribution in [0.5, 0.6) is 0 Å². The first-order valence-electron chi connectivity index (χ1n) is 5.44. The van der Waals surface area contributed by atoms with Gasteiger partial charge in [0.2, 0.25) is 0 Å². The van der Waals surface area contributed by atoms with Crippen LogP contribution in [0, 0.1) is 0 Å². The Balaban J connectivity index is 2.23. The molecule has 96 valence electrons. The Morgan fingerprint density at radius 1 is 1.05 bits per heavy atom. The first-order chi connectivity index (χ1) is 9.02. The number of hydrogen-bond donors (Lipinski definition) is 2. The number of halogens is 3. The topological polar surface area (TPSA) is 54.7 Å². The lowest BCUT2D eigenvalue weighted by Gasteiger charge is -1.99. The fraction of sp³-hybridized carbons (Fsp3) is 0. The van der Waals surface area contributed by atoms with E-state index in [-0.39, 0.29) is 0 Å². The zero-order chi connectivity index (χ0) is 13.6. The molecule has 3 rings (SSSR count). The summed E-state index contributed by atoms with van der Waals surface area (Å²) in [6, 6.07) is 9.06. The molecule has 0 spiro atoms. The summed E-state index contributed by atoms with van der Waals surface area (Å²) in [5.74, 6) is 0.701. The summed E-state index contributed by atoms with van der Waals surface area (Å²) in [6.07, 6.45) is 0. The molecule has 0 unspecified atom stereocenters. The number of nitrogen functional groups attached to an aromatic ring is 1. The van der Waals surface area contributed by atoms with E-state index in [1.807, 2.05) is 18.2 Å². The summed E-state index contributed by atoms with van der Waals surface area (Å²) in [5, 5.41) is 1.21. The van der Waals surface area contributed by atoms with Gasteiger partial charge in [-0.3, -0.25) is 0 Å². The first-order valence-corrected chi connectivity index (χ1v) is 6.99. The molecule has 1 heterocycles. The van der Waals surface area contributed by atoms with Crippen LogP contribution in [0.1, 0.15) is 0 Å². The van der Waals surface area contributed by atoms with E-state index in [0.717, 1.165) is 15.6 Å². The number of H-pyrrole nitrogens is 1. The number of anilines is 1. The number of benzene rings is 2. The van der Waals surface area contributed by atoms with Gasteiger partial charge in [0.05, 0.1) is 11.2 Å². The third-order valence-electron chi connectivity index (χ3n) is 2.72. The number of hydrogen-bond acceptors (Lipinski definition) is 2. The number of nitrogens with zero attached hydrogens (tertiary/aromatic N) is 1. The number of fused-ring (bicyclic) bond motifs is 1. The largest absolute Gasteiger partial charge is 0.397 e. The Labute approximate surface area is 127 Å². The number of imidazole rings is 1. The van der Waals surface area contributed by atoms with E-state index in [1.54, 1.807) is 12.1 Å². The molecule has 0 aliphatic rings. The second-order valence-corrected chi connectivity index (χ2v) is 5.92. The van der Waals surface area contributed by atoms with E-state index in [0.29, 0.717) is 27.1 Å². The Morgan fingerprint density at radius 2 is 1.79 bits per heavy atom. The lowest BCUT2D eigenvalue weighted by Crippen LogP contribution is -1.86. The lowest BCUT2D eigenvalue weighted by molar-refractivity contribution is 1.33. The molecule has 0 amide bonds. The van der Waals surface area contributed by atoms with Crippen LogP contribution in [-0.2, 0) is 0 Å². The van der Waals surface area contributed by atoms with Crippen molar-refractivity contribution in [1.29, 1.82) is 0 Å². The third kappa shape index (κ3) is 2.43. The Kier molecular flexibility index (Phi) is 3.17. The van der Waals surface area contributed by atoms with E-state index in [2.05, 4.69) is 25.9 Å². The molecule has 3 aromatic rings. The smallest absolute Gasteiger partial charge is 0.138 e. The molecule has 0 fully saturated rings. The molecule has 0 saturated heterocycles. The number of rotatable bonds is 1. The molecule has 1 aromatic heterocycles. The van der Waals surface area contributed by atoms with Crippen molar-refractivity contribution in [1.82, 2.24) is 9.97 Å². The van der Waals surface area contributed by atoms with Crippen LogP contribution in [0.15, 0.2) is 34.8 Å². The highest BCUT2D eigenvalue weighted by Crippen LogP contribution is 2.30. The van der Waals surface area contributed by atoms with Crippen molar-refractivity contribution in [2.45, 2.75) is 0 Å². The first kappa shape index (κ1) is 12.8. The zero-order valence-electron chi connectivity index (χ0n) is 9.55. The molecule has 0 atom stereocenters. The minimum absolute atomic E-state index is 0.547. The van der Waals surface area contributed by atoms with Crippen molar-refractivity contribution in [2.24, 2.45) is 0 Å². The van der Waals surface area contributed by atoms with Gasteiger partial charge in [-0.25, -0.2) is 4.98 Å². The maximum absolute atomic E-state index is 6.04. The number of nitrogens with one attached hydrogen (secondary N) is 1. The van der Waals surface area contributed by atoms with Crippen molar-refractivity contribution in [3.05, 3.63) is 44.8 Å². The molecule has 0 radical (unpaired) electrons. The fourth-order valence-electron chi connectivity index (χ4n) is 1.93. The Morgan fingerprint density at radius 3 is 2.53 bits per heavy atom. The summed E-state index contributed by atoms with van der Waals surface area (Å²) in [6.45, 7) is 0. The minimum Gasteiger partial charge on any atom is -0.397 e.